The van der Waals surface area contributed by atoms with Crippen molar-refractivity contribution in [1.29, 1.82) is 0 Å². The standard InChI is InChI=1S/C14H29N3O2/c1-6-14(7-2,12(15)17-19)13(18)16-11(5)9-8-10(3)4/h10-11,19H,6-9H2,1-5H3,(H2,15,17)(H,16,18). The molecule has 0 aromatic heterocycles. The second kappa shape index (κ2) is 8.02. The highest BCUT2D eigenvalue weighted by atomic mass is 16.4. The summed E-state index contributed by atoms with van der Waals surface area (Å²) in [7, 11) is 0. The summed E-state index contributed by atoms with van der Waals surface area (Å²) < 4.78 is 0. The molecule has 5 nitrogen and oxygen atoms in total. The first-order valence-electron chi connectivity index (χ1n) is 7.12. The van der Waals surface area contributed by atoms with Crippen molar-refractivity contribution in [2.45, 2.75) is 66.3 Å². The molecule has 0 saturated carbocycles. The van der Waals surface area contributed by atoms with E-state index in [9.17, 15) is 4.79 Å². The predicted octanol–water partition coefficient (Wildman–Crippen LogP) is 2.48. The van der Waals surface area contributed by atoms with E-state index in [0.717, 1.165) is 12.8 Å². The predicted molar refractivity (Wildman–Crippen MR) is 78.1 cm³/mol. The van der Waals surface area contributed by atoms with Crippen LogP contribution in [0.5, 0.6) is 0 Å². The number of carbonyl (C=O) groups excluding carboxylic acids is 1. The minimum atomic E-state index is -0.902. The molecule has 0 bridgehead atoms. The first-order chi connectivity index (χ1) is 8.83. The molecule has 5 heteroatoms. The highest BCUT2D eigenvalue weighted by Gasteiger charge is 2.40. The molecule has 0 saturated heterocycles. The van der Waals surface area contributed by atoms with E-state index in [1.807, 2.05) is 20.8 Å². The van der Waals surface area contributed by atoms with Crippen LogP contribution in [0.2, 0.25) is 0 Å². The van der Waals surface area contributed by atoms with E-state index < -0.39 is 5.41 Å². The van der Waals surface area contributed by atoms with E-state index in [1.54, 1.807) is 0 Å². The van der Waals surface area contributed by atoms with E-state index in [2.05, 4.69) is 24.3 Å². The molecule has 0 heterocycles. The van der Waals surface area contributed by atoms with Gasteiger partial charge >= 0.3 is 0 Å². The van der Waals surface area contributed by atoms with Crippen LogP contribution in [0.1, 0.15) is 60.3 Å². The van der Waals surface area contributed by atoms with Gasteiger partial charge in [-0.2, -0.15) is 0 Å². The lowest BCUT2D eigenvalue weighted by Crippen LogP contribution is -2.51. The van der Waals surface area contributed by atoms with Gasteiger partial charge in [-0.15, -0.1) is 0 Å². The zero-order valence-electron chi connectivity index (χ0n) is 12.9. The lowest BCUT2D eigenvalue weighted by Gasteiger charge is -2.30. The monoisotopic (exact) mass is 271 g/mol. The Morgan fingerprint density at radius 1 is 1.26 bits per heavy atom. The molecule has 1 amide bonds. The molecule has 0 rings (SSSR count). The summed E-state index contributed by atoms with van der Waals surface area (Å²) in [6.45, 7) is 10.1. The molecule has 0 aliphatic rings. The molecule has 1 atom stereocenters. The smallest absolute Gasteiger partial charge is 0.234 e. The Hall–Kier alpha value is -1.26. The van der Waals surface area contributed by atoms with Gasteiger partial charge in [-0.3, -0.25) is 4.79 Å². The van der Waals surface area contributed by atoms with Crippen molar-refractivity contribution in [1.82, 2.24) is 5.32 Å². The van der Waals surface area contributed by atoms with Crippen LogP contribution < -0.4 is 11.1 Å². The van der Waals surface area contributed by atoms with Gasteiger partial charge in [-0.1, -0.05) is 32.9 Å². The molecular weight excluding hydrogens is 242 g/mol. The van der Waals surface area contributed by atoms with Gasteiger partial charge in [0.2, 0.25) is 5.91 Å². The van der Waals surface area contributed by atoms with Crippen LogP contribution >= 0.6 is 0 Å². The molecule has 0 fully saturated rings. The van der Waals surface area contributed by atoms with Crippen LogP contribution in [0.25, 0.3) is 0 Å². The SMILES string of the molecule is CCC(CC)(C(=O)NC(C)CCC(C)C)C(N)=NO. The number of hydrogen-bond donors (Lipinski definition) is 3. The fourth-order valence-electron chi connectivity index (χ4n) is 2.16. The number of nitrogens with two attached hydrogens (primary N) is 1. The van der Waals surface area contributed by atoms with Gasteiger partial charge in [-0.25, -0.2) is 0 Å². The van der Waals surface area contributed by atoms with Gasteiger partial charge in [0.15, 0.2) is 5.84 Å². The quantitative estimate of drug-likeness (QED) is 0.274. The topological polar surface area (TPSA) is 87.7 Å². The number of oxime groups is 1. The van der Waals surface area contributed by atoms with Gasteiger partial charge < -0.3 is 16.3 Å². The third-order valence-corrected chi connectivity index (χ3v) is 3.79. The number of amidine groups is 1. The Morgan fingerprint density at radius 3 is 2.16 bits per heavy atom. The molecule has 4 N–H and O–H groups in total. The second-order valence-corrected chi connectivity index (χ2v) is 5.62. The first kappa shape index (κ1) is 17.7. The zero-order valence-corrected chi connectivity index (χ0v) is 12.9. The Kier molecular flexibility index (Phi) is 7.49. The number of nitrogens with zero attached hydrogens (tertiary/aromatic N) is 1. The number of rotatable bonds is 8. The molecule has 0 radical (unpaired) electrons. The minimum Gasteiger partial charge on any atom is -0.409 e. The lowest BCUT2D eigenvalue weighted by molar-refractivity contribution is -0.128. The first-order valence-corrected chi connectivity index (χ1v) is 7.12. The third-order valence-electron chi connectivity index (χ3n) is 3.79. The summed E-state index contributed by atoms with van der Waals surface area (Å²) in [5.74, 6) is 0.459. The van der Waals surface area contributed by atoms with Gasteiger partial charge in [0.1, 0.15) is 5.41 Å². The maximum atomic E-state index is 12.4. The Labute approximate surface area is 116 Å². The molecule has 1 unspecified atom stereocenters. The van der Waals surface area contributed by atoms with E-state index in [4.69, 9.17) is 10.9 Å². The van der Waals surface area contributed by atoms with E-state index >= 15 is 0 Å². The number of nitrogens with one attached hydrogen (secondary N) is 1. The maximum absolute atomic E-state index is 12.4. The highest BCUT2D eigenvalue weighted by Crippen LogP contribution is 2.27. The van der Waals surface area contributed by atoms with Crippen molar-refractivity contribution < 1.29 is 10.0 Å². The molecule has 0 aromatic rings. The normalized spacial score (nSPS) is 14.5. The molecule has 112 valence electrons. The van der Waals surface area contributed by atoms with E-state index in [1.165, 1.54) is 0 Å². The number of amides is 1. The van der Waals surface area contributed by atoms with Crippen LogP contribution in [-0.4, -0.2) is 23.0 Å². The molecule has 0 spiro atoms. The van der Waals surface area contributed by atoms with Crippen molar-refractivity contribution in [2.75, 3.05) is 0 Å². The Morgan fingerprint density at radius 2 is 1.79 bits per heavy atom. The average molecular weight is 271 g/mol. The minimum absolute atomic E-state index is 0.00828. The Bertz CT molecular complexity index is 310. The van der Waals surface area contributed by atoms with Crippen molar-refractivity contribution >= 4 is 11.7 Å². The summed E-state index contributed by atoms with van der Waals surface area (Å²) in [4.78, 5) is 12.4. The van der Waals surface area contributed by atoms with Gasteiger partial charge in [0, 0.05) is 6.04 Å². The molecule has 0 aliphatic heterocycles. The fourth-order valence-corrected chi connectivity index (χ4v) is 2.16. The van der Waals surface area contributed by atoms with Crippen LogP contribution in [0.15, 0.2) is 5.16 Å². The van der Waals surface area contributed by atoms with Crippen molar-refractivity contribution in [3.63, 3.8) is 0 Å². The fraction of sp³-hybridized carbons (Fsp3) is 0.857. The number of hydrogen-bond acceptors (Lipinski definition) is 3. The zero-order chi connectivity index (χ0) is 15.1. The van der Waals surface area contributed by atoms with Crippen LogP contribution in [0.3, 0.4) is 0 Å². The summed E-state index contributed by atoms with van der Waals surface area (Å²) in [5, 5.41) is 14.9. The third kappa shape index (κ3) is 4.73. The van der Waals surface area contributed by atoms with Crippen LogP contribution in [-0.2, 0) is 4.79 Å². The largest absolute Gasteiger partial charge is 0.409 e. The second-order valence-electron chi connectivity index (χ2n) is 5.62. The van der Waals surface area contributed by atoms with E-state index in [0.29, 0.717) is 18.8 Å². The van der Waals surface area contributed by atoms with Crippen LogP contribution in [0.4, 0.5) is 0 Å². The summed E-state index contributed by atoms with van der Waals surface area (Å²) >= 11 is 0. The highest BCUT2D eigenvalue weighted by molar-refractivity contribution is 6.06. The molecule has 0 aliphatic carbocycles. The summed E-state index contributed by atoms with van der Waals surface area (Å²) in [6.07, 6.45) is 3.03. The van der Waals surface area contributed by atoms with Crippen molar-refractivity contribution in [3.8, 4) is 0 Å². The Balaban J connectivity index is 4.75. The summed E-state index contributed by atoms with van der Waals surface area (Å²) in [5.41, 5.74) is 4.81. The molecular formula is C14H29N3O2. The van der Waals surface area contributed by atoms with Gasteiger partial charge in [-0.05, 0) is 38.5 Å². The van der Waals surface area contributed by atoms with E-state index in [-0.39, 0.29) is 17.8 Å². The van der Waals surface area contributed by atoms with Crippen LogP contribution in [0, 0.1) is 11.3 Å². The maximum Gasteiger partial charge on any atom is 0.234 e. The molecule has 19 heavy (non-hydrogen) atoms. The van der Waals surface area contributed by atoms with Crippen molar-refractivity contribution in [2.24, 2.45) is 22.2 Å². The number of carbonyl (C=O) groups is 1. The van der Waals surface area contributed by atoms with Crippen molar-refractivity contribution in [3.05, 3.63) is 0 Å². The lowest BCUT2D eigenvalue weighted by atomic mass is 9.80. The summed E-state index contributed by atoms with van der Waals surface area (Å²) in [6, 6.07) is 0.0962. The van der Waals surface area contributed by atoms with Gasteiger partial charge in [0.25, 0.3) is 0 Å². The van der Waals surface area contributed by atoms with Gasteiger partial charge in [0.05, 0.1) is 0 Å². The average Bonchev–Trinajstić information content (AvgIpc) is 2.38. The molecule has 0 aromatic carbocycles.